The van der Waals surface area contributed by atoms with Gasteiger partial charge < -0.3 is 0 Å². The molecule has 2 bridgehead atoms. The third-order valence-electron chi connectivity index (χ3n) is 6.78. The van der Waals surface area contributed by atoms with Crippen LogP contribution in [0.15, 0.2) is 24.3 Å². The molecule has 3 aliphatic rings. The molecule has 0 saturated heterocycles. The minimum absolute atomic E-state index is 0.925. The Hall–Kier alpha value is -0.520. The molecule has 106 valence electrons. The van der Waals surface area contributed by atoms with Crippen LogP contribution < -0.4 is 0 Å². The van der Waals surface area contributed by atoms with Crippen molar-refractivity contribution in [1.29, 1.82) is 0 Å². The van der Waals surface area contributed by atoms with E-state index >= 15 is 0 Å². The average molecular weight is 258 g/mol. The van der Waals surface area contributed by atoms with E-state index in [2.05, 4.69) is 33.9 Å². The van der Waals surface area contributed by atoms with Gasteiger partial charge in [-0.25, -0.2) is 0 Å². The first kappa shape index (κ1) is 13.5. The smallest absolute Gasteiger partial charge is 0.0251 e. The van der Waals surface area contributed by atoms with Crippen molar-refractivity contribution in [3.8, 4) is 0 Å². The molecule has 3 rings (SSSR count). The van der Waals surface area contributed by atoms with Crippen molar-refractivity contribution in [2.24, 2.45) is 41.4 Å². The third-order valence-corrected chi connectivity index (χ3v) is 6.78. The normalized spacial score (nSPS) is 47.4. The Morgan fingerprint density at radius 1 is 1.05 bits per heavy atom. The van der Waals surface area contributed by atoms with Gasteiger partial charge in [0, 0.05) is 0 Å². The van der Waals surface area contributed by atoms with Crippen molar-refractivity contribution in [2.75, 3.05) is 0 Å². The van der Waals surface area contributed by atoms with Gasteiger partial charge in [-0.3, -0.25) is 0 Å². The first-order valence-electron chi connectivity index (χ1n) is 8.36. The quantitative estimate of drug-likeness (QED) is 0.587. The second-order valence-electron chi connectivity index (χ2n) is 7.78. The molecular weight excluding hydrogens is 228 g/mol. The van der Waals surface area contributed by atoms with Crippen LogP contribution in [-0.2, 0) is 0 Å². The van der Waals surface area contributed by atoms with Crippen LogP contribution in [0.5, 0.6) is 0 Å². The number of allylic oxidation sites excluding steroid dienone is 2. The summed E-state index contributed by atoms with van der Waals surface area (Å²) < 4.78 is 0. The zero-order valence-electron chi connectivity index (χ0n) is 13.0. The number of hydrogen-bond acceptors (Lipinski definition) is 0. The lowest BCUT2D eigenvalue weighted by Gasteiger charge is -2.35. The molecule has 0 aliphatic heterocycles. The van der Waals surface area contributed by atoms with Crippen LogP contribution in [0.4, 0.5) is 0 Å². The molecule has 0 amide bonds. The third kappa shape index (κ3) is 2.03. The lowest BCUT2D eigenvalue weighted by Crippen LogP contribution is -2.29. The van der Waals surface area contributed by atoms with E-state index in [4.69, 9.17) is 0 Å². The molecule has 19 heavy (non-hydrogen) atoms. The van der Waals surface area contributed by atoms with Gasteiger partial charge in [0.15, 0.2) is 0 Å². The summed E-state index contributed by atoms with van der Waals surface area (Å²) in [5, 5.41) is 0. The van der Waals surface area contributed by atoms with Crippen molar-refractivity contribution in [3.05, 3.63) is 24.3 Å². The average Bonchev–Trinajstić information content (AvgIpc) is 3.00. The molecule has 0 heteroatoms. The fraction of sp³-hybridized carbons (Fsp3) is 0.789. The van der Waals surface area contributed by atoms with Crippen LogP contribution >= 0.6 is 0 Å². The molecule has 3 aliphatic carbocycles. The molecule has 0 spiro atoms. The fourth-order valence-electron chi connectivity index (χ4n) is 6.04. The predicted octanol–water partition coefficient (Wildman–Crippen LogP) is 5.46. The van der Waals surface area contributed by atoms with Crippen LogP contribution in [0.1, 0.15) is 52.9 Å². The lowest BCUT2D eigenvalue weighted by molar-refractivity contribution is 0.139. The highest BCUT2D eigenvalue weighted by Crippen LogP contribution is 2.65. The van der Waals surface area contributed by atoms with Gasteiger partial charge in [-0.2, -0.15) is 0 Å². The summed E-state index contributed by atoms with van der Waals surface area (Å²) in [6.07, 6.45) is 7.17. The first-order chi connectivity index (χ1) is 9.02. The molecule has 0 aromatic heterocycles. The van der Waals surface area contributed by atoms with Crippen LogP contribution in [0, 0.1) is 41.4 Å². The zero-order chi connectivity index (χ0) is 13.7. The highest BCUT2D eigenvalue weighted by molar-refractivity contribution is 5.24. The van der Waals surface area contributed by atoms with Gasteiger partial charge in [-0.05, 0) is 74.0 Å². The van der Waals surface area contributed by atoms with Gasteiger partial charge in [0.05, 0.1) is 0 Å². The van der Waals surface area contributed by atoms with Crippen molar-refractivity contribution in [2.45, 2.75) is 52.9 Å². The minimum atomic E-state index is 0.925. The van der Waals surface area contributed by atoms with E-state index in [1.54, 1.807) is 0 Å². The van der Waals surface area contributed by atoms with Gasteiger partial charge >= 0.3 is 0 Å². The standard InChI is InChI=1S/C19H30/c1-6-14-8-13(5)18-17-10-16(19(14)18)9-15(17)7-12(4)11(2)3/h13-19H,2,4,6-10H2,1,3,5H3. The molecule has 7 atom stereocenters. The van der Waals surface area contributed by atoms with Crippen molar-refractivity contribution < 1.29 is 0 Å². The highest BCUT2D eigenvalue weighted by atomic mass is 14.6. The molecule has 0 aromatic rings. The first-order valence-corrected chi connectivity index (χ1v) is 8.36. The number of rotatable bonds is 4. The Morgan fingerprint density at radius 2 is 1.79 bits per heavy atom. The van der Waals surface area contributed by atoms with E-state index in [1.807, 2.05) is 0 Å². The van der Waals surface area contributed by atoms with Gasteiger partial charge in [0.2, 0.25) is 0 Å². The molecule has 0 heterocycles. The van der Waals surface area contributed by atoms with Gasteiger partial charge in [0.25, 0.3) is 0 Å². The van der Waals surface area contributed by atoms with E-state index in [9.17, 15) is 0 Å². The lowest BCUT2D eigenvalue weighted by atomic mass is 9.69. The van der Waals surface area contributed by atoms with Crippen LogP contribution in [0.3, 0.4) is 0 Å². The summed E-state index contributed by atoms with van der Waals surface area (Å²) in [6, 6.07) is 0. The summed E-state index contributed by atoms with van der Waals surface area (Å²) in [5.41, 5.74) is 2.51. The van der Waals surface area contributed by atoms with Crippen molar-refractivity contribution in [1.82, 2.24) is 0 Å². The highest BCUT2D eigenvalue weighted by Gasteiger charge is 2.58. The molecule has 3 fully saturated rings. The van der Waals surface area contributed by atoms with Crippen LogP contribution in [0.2, 0.25) is 0 Å². The molecule has 3 saturated carbocycles. The zero-order valence-corrected chi connectivity index (χ0v) is 13.0. The summed E-state index contributed by atoms with van der Waals surface area (Å²) in [6.45, 7) is 15.4. The van der Waals surface area contributed by atoms with E-state index in [1.165, 1.54) is 43.3 Å². The summed E-state index contributed by atoms with van der Waals surface area (Å²) in [7, 11) is 0. The Balaban J connectivity index is 1.73. The second kappa shape index (κ2) is 4.79. The molecule has 0 radical (unpaired) electrons. The summed E-state index contributed by atoms with van der Waals surface area (Å²) >= 11 is 0. The second-order valence-corrected chi connectivity index (χ2v) is 7.78. The van der Waals surface area contributed by atoms with Gasteiger partial charge in [-0.1, -0.05) is 44.6 Å². The van der Waals surface area contributed by atoms with E-state index in [-0.39, 0.29) is 0 Å². The van der Waals surface area contributed by atoms with E-state index in [0.717, 1.165) is 41.4 Å². The summed E-state index contributed by atoms with van der Waals surface area (Å²) in [4.78, 5) is 0. The molecule has 0 N–H and O–H groups in total. The van der Waals surface area contributed by atoms with Crippen LogP contribution in [-0.4, -0.2) is 0 Å². The van der Waals surface area contributed by atoms with Gasteiger partial charge in [0.1, 0.15) is 0 Å². The number of fused-ring (bicyclic) bond motifs is 5. The van der Waals surface area contributed by atoms with Crippen molar-refractivity contribution in [3.63, 3.8) is 0 Å². The number of hydrogen-bond donors (Lipinski definition) is 0. The molecular formula is C19H30. The predicted molar refractivity (Wildman–Crippen MR) is 82.8 cm³/mol. The maximum absolute atomic E-state index is 4.24. The Morgan fingerprint density at radius 3 is 2.42 bits per heavy atom. The monoisotopic (exact) mass is 258 g/mol. The maximum atomic E-state index is 4.24. The van der Waals surface area contributed by atoms with Gasteiger partial charge in [-0.15, -0.1) is 0 Å². The van der Waals surface area contributed by atoms with E-state index in [0.29, 0.717) is 0 Å². The SMILES string of the molecule is C=C(C)C(=C)CC1CC2CC1C1C(C)CC(CC)C21. The van der Waals surface area contributed by atoms with Crippen molar-refractivity contribution >= 4 is 0 Å². The van der Waals surface area contributed by atoms with Crippen LogP contribution in [0.25, 0.3) is 0 Å². The maximum Gasteiger partial charge on any atom is -0.0251 e. The largest absolute Gasteiger partial charge is 0.0959 e. The minimum Gasteiger partial charge on any atom is -0.0959 e. The molecule has 0 aromatic carbocycles. The Kier molecular flexibility index (Phi) is 3.39. The van der Waals surface area contributed by atoms with E-state index < -0.39 is 0 Å². The fourth-order valence-corrected chi connectivity index (χ4v) is 6.04. The molecule has 0 nitrogen and oxygen atoms in total. The molecule has 7 unspecified atom stereocenters. The Labute approximate surface area is 119 Å². The summed E-state index contributed by atoms with van der Waals surface area (Å²) in [5.74, 6) is 7.14. The topological polar surface area (TPSA) is 0 Å². The Bertz CT molecular complexity index is 391.